The average molecular weight is 520 g/mol. The van der Waals surface area contributed by atoms with Crippen LogP contribution in [0.4, 0.5) is 16.5 Å². The number of aromatic nitrogens is 2. The molecule has 4 rings (SSSR count). The molecule has 1 aliphatic rings. The Balaban J connectivity index is 1.28. The van der Waals surface area contributed by atoms with Crippen LogP contribution in [0.5, 0.6) is 0 Å². The fourth-order valence-electron chi connectivity index (χ4n) is 3.23. The first-order valence-electron chi connectivity index (χ1n) is 10.6. The largest absolute Gasteiger partial charge is 0.379 e. The molecule has 9 nitrogen and oxygen atoms in total. The van der Waals surface area contributed by atoms with Crippen molar-refractivity contribution in [2.45, 2.75) is 23.1 Å². The Labute approximate surface area is 207 Å². The van der Waals surface area contributed by atoms with Crippen LogP contribution in [0, 0.1) is 13.8 Å². The van der Waals surface area contributed by atoms with Crippen molar-refractivity contribution in [3.05, 3.63) is 53.6 Å². The summed E-state index contributed by atoms with van der Waals surface area (Å²) in [7, 11) is -3.56. The van der Waals surface area contributed by atoms with Gasteiger partial charge in [0, 0.05) is 24.5 Å². The molecule has 180 valence electrons. The Hall–Kier alpha value is -2.51. The van der Waals surface area contributed by atoms with E-state index in [1.165, 1.54) is 50.7 Å². The maximum absolute atomic E-state index is 12.7. The first-order chi connectivity index (χ1) is 16.3. The molecule has 1 aliphatic heterocycles. The van der Waals surface area contributed by atoms with Crippen molar-refractivity contribution in [2.24, 2.45) is 0 Å². The number of aryl methyl sites for hydroxylation is 2. The molecular weight excluding hydrogens is 494 g/mol. The molecule has 2 aromatic carbocycles. The number of amides is 1. The maximum Gasteiger partial charge on any atom is 0.243 e. The van der Waals surface area contributed by atoms with E-state index in [0.717, 1.165) is 5.69 Å². The van der Waals surface area contributed by atoms with Crippen LogP contribution in [0.2, 0.25) is 0 Å². The van der Waals surface area contributed by atoms with Crippen molar-refractivity contribution < 1.29 is 17.9 Å². The van der Waals surface area contributed by atoms with E-state index < -0.39 is 10.0 Å². The van der Waals surface area contributed by atoms with Crippen LogP contribution in [0.3, 0.4) is 0 Å². The summed E-state index contributed by atoms with van der Waals surface area (Å²) >= 11 is 2.66. The number of sulfonamides is 1. The SMILES string of the molecule is Cc1ccc(Nc2nnc(SCC(=O)Nc3ccc(S(=O)(=O)N4CCOCC4)cc3)s2)cc1C. The molecule has 2 N–H and O–H groups in total. The molecule has 0 radical (unpaired) electrons. The fraction of sp³-hybridized carbons (Fsp3) is 0.318. The van der Waals surface area contributed by atoms with E-state index in [9.17, 15) is 13.2 Å². The first-order valence-corrected chi connectivity index (χ1v) is 13.8. The Morgan fingerprint density at radius 1 is 1.06 bits per heavy atom. The van der Waals surface area contributed by atoms with E-state index >= 15 is 0 Å². The van der Waals surface area contributed by atoms with Gasteiger partial charge in [-0.2, -0.15) is 4.31 Å². The van der Waals surface area contributed by atoms with Crippen LogP contribution in [0.15, 0.2) is 51.7 Å². The molecule has 0 unspecified atom stereocenters. The monoisotopic (exact) mass is 519 g/mol. The van der Waals surface area contributed by atoms with Gasteiger partial charge in [-0.3, -0.25) is 4.79 Å². The Morgan fingerprint density at radius 2 is 1.76 bits per heavy atom. The number of hydrogen-bond donors (Lipinski definition) is 2. The van der Waals surface area contributed by atoms with Crippen molar-refractivity contribution >= 4 is 55.5 Å². The molecule has 34 heavy (non-hydrogen) atoms. The number of carbonyl (C=O) groups is 1. The van der Waals surface area contributed by atoms with Gasteiger partial charge in [0.1, 0.15) is 0 Å². The van der Waals surface area contributed by atoms with Crippen LogP contribution in [-0.2, 0) is 19.6 Å². The third-order valence-corrected chi connectivity index (χ3v) is 9.12. The lowest BCUT2D eigenvalue weighted by atomic mass is 10.1. The number of benzene rings is 2. The lowest BCUT2D eigenvalue weighted by molar-refractivity contribution is -0.113. The number of morpholine rings is 1. The Kier molecular flexibility index (Phi) is 7.84. The lowest BCUT2D eigenvalue weighted by Crippen LogP contribution is -2.40. The molecule has 12 heteroatoms. The summed E-state index contributed by atoms with van der Waals surface area (Å²) in [5.41, 5.74) is 3.87. The van der Waals surface area contributed by atoms with E-state index in [-0.39, 0.29) is 16.6 Å². The minimum atomic E-state index is -3.56. The highest BCUT2D eigenvalue weighted by atomic mass is 32.2. The lowest BCUT2D eigenvalue weighted by Gasteiger charge is -2.26. The normalized spacial score (nSPS) is 14.6. The van der Waals surface area contributed by atoms with Gasteiger partial charge >= 0.3 is 0 Å². The van der Waals surface area contributed by atoms with Gasteiger partial charge in [-0.15, -0.1) is 10.2 Å². The van der Waals surface area contributed by atoms with Gasteiger partial charge in [0.25, 0.3) is 0 Å². The number of hydrogen-bond acceptors (Lipinski definition) is 9. The standard InChI is InChI=1S/C22H25N5O4S3/c1-15-3-4-18(13-16(15)2)24-21-25-26-22(33-21)32-14-20(28)23-17-5-7-19(8-6-17)34(29,30)27-9-11-31-12-10-27/h3-8,13H,9-12,14H2,1-2H3,(H,23,28)(H,24,25). The number of anilines is 3. The van der Waals surface area contributed by atoms with Gasteiger partial charge in [-0.1, -0.05) is 29.2 Å². The molecule has 1 fully saturated rings. The van der Waals surface area contributed by atoms with Gasteiger partial charge in [0.2, 0.25) is 21.1 Å². The maximum atomic E-state index is 12.7. The van der Waals surface area contributed by atoms with Gasteiger partial charge in [0.05, 0.1) is 23.9 Å². The van der Waals surface area contributed by atoms with Crippen molar-refractivity contribution in [2.75, 3.05) is 42.7 Å². The Morgan fingerprint density at radius 3 is 2.47 bits per heavy atom. The molecule has 0 aliphatic carbocycles. The van der Waals surface area contributed by atoms with Crippen molar-refractivity contribution in [1.82, 2.24) is 14.5 Å². The minimum absolute atomic E-state index is 0.159. The third kappa shape index (κ3) is 6.13. The van der Waals surface area contributed by atoms with Crippen LogP contribution < -0.4 is 10.6 Å². The van der Waals surface area contributed by atoms with Crippen molar-refractivity contribution in [3.8, 4) is 0 Å². The predicted octanol–water partition coefficient (Wildman–Crippen LogP) is 3.65. The number of ether oxygens (including phenoxy) is 1. The molecule has 1 aromatic heterocycles. The summed E-state index contributed by atoms with van der Waals surface area (Å²) in [5, 5.41) is 14.9. The molecule has 0 spiro atoms. The molecule has 3 aromatic rings. The summed E-state index contributed by atoms with van der Waals surface area (Å²) in [6.07, 6.45) is 0. The van der Waals surface area contributed by atoms with Crippen molar-refractivity contribution in [3.63, 3.8) is 0 Å². The minimum Gasteiger partial charge on any atom is -0.379 e. The van der Waals surface area contributed by atoms with Crippen LogP contribution >= 0.6 is 23.1 Å². The van der Waals surface area contributed by atoms with E-state index in [4.69, 9.17) is 4.74 Å². The molecule has 1 saturated heterocycles. The zero-order valence-electron chi connectivity index (χ0n) is 18.8. The summed E-state index contributed by atoms with van der Waals surface area (Å²) < 4.78 is 32.7. The van der Waals surface area contributed by atoms with Crippen molar-refractivity contribution in [1.29, 1.82) is 0 Å². The summed E-state index contributed by atoms with van der Waals surface area (Å²) in [5.74, 6) is -0.0563. The predicted molar refractivity (Wildman–Crippen MR) is 134 cm³/mol. The molecule has 2 heterocycles. The summed E-state index contributed by atoms with van der Waals surface area (Å²) in [6, 6.07) is 12.3. The summed E-state index contributed by atoms with van der Waals surface area (Å²) in [4.78, 5) is 12.5. The molecule has 0 bridgehead atoms. The smallest absolute Gasteiger partial charge is 0.243 e. The number of rotatable bonds is 8. The number of thioether (sulfide) groups is 1. The second kappa shape index (κ2) is 10.8. The highest BCUT2D eigenvalue weighted by molar-refractivity contribution is 8.01. The molecule has 0 saturated carbocycles. The van der Waals surface area contributed by atoms with Crippen LogP contribution in [0.1, 0.15) is 11.1 Å². The fourth-order valence-corrected chi connectivity index (χ4v) is 6.21. The zero-order chi connectivity index (χ0) is 24.1. The average Bonchev–Trinajstić information content (AvgIpc) is 3.28. The first kappa shape index (κ1) is 24.6. The number of nitrogens with one attached hydrogen (secondary N) is 2. The second-order valence-electron chi connectivity index (χ2n) is 7.67. The van der Waals surface area contributed by atoms with Gasteiger partial charge in [-0.25, -0.2) is 8.42 Å². The molecule has 0 atom stereocenters. The Bertz CT molecular complexity index is 1260. The molecule has 1 amide bonds. The van der Waals surface area contributed by atoms with Crippen LogP contribution in [-0.4, -0.2) is 60.9 Å². The highest BCUT2D eigenvalue weighted by Gasteiger charge is 2.26. The molecular formula is C22H25N5O4S3. The topological polar surface area (TPSA) is 114 Å². The third-order valence-electron chi connectivity index (χ3n) is 5.24. The van der Waals surface area contributed by atoms with E-state index in [2.05, 4.69) is 40.7 Å². The van der Waals surface area contributed by atoms with Gasteiger partial charge < -0.3 is 15.4 Å². The van der Waals surface area contributed by atoms with Crippen LogP contribution in [0.25, 0.3) is 0 Å². The van der Waals surface area contributed by atoms with Gasteiger partial charge in [0.15, 0.2) is 4.34 Å². The van der Waals surface area contributed by atoms with E-state index in [0.29, 0.717) is 41.5 Å². The van der Waals surface area contributed by atoms with Gasteiger partial charge in [-0.05, 0) is 61.4 Å². The number of carbonyl (C=O) groups excluding carboxylic acids is 1. The summed E-state index contributed by atoms with van der Waals surface area (Å²) in [6.45, 7) is 5.57. The quantitative estimate of drug-likeness (QED) is 0.434. The zero-order valence-corrected chi connectivity index (χ0v) is 21.2. The van der Waals surface area contributed by atoms with E-state index in [1.54, 1.807) is 12.1 Å². The van der Waals surface area contributed by atoms with E-state index in [1.807, 2.05) is 12.1 Å². The highest BCUT2D eigenvalue weighted by Crippen LogP contribution is 2.28. The second-order valence-corrected chi connectivity index (χ2v) is 11.8. The number of nitrogens with zero attached hydrogens (tertiary/aromatic N) is 3.